The smallest absolute Gasteiger partial charge is 0.305 e. The van der Waals surface area contributed by atoms with E-state index >= 15 is 0 Å². The summed E-state index contributed by atoms with van der Waals surface area (Å²) in [6.45, 7) is 0.685. The van der Waals surface area contributed by atoms with Gasteiger partial charge in [0.25, 0.3) is 10.2 Å². The van der Waals surface area contributed by atoms with Crippen LogP contribution in [-0.2, 0) is 34.4 Å². The Labute approximate surface area is 176 Å². The lowest BCUT2D eigenvalue weighted by molar-refractivity contribution is -0.137. The first-order valence-electron chi connectivity index (χ1n) is 9.65. The summed E-state index contributed by atoms with van der Waals surface area (Å²) in [5.74, 6) is -0.838. The number of benzene rings is 1. The zero-order chi connectivity index (χ0) is 21.7. The molecule has 1 aromatic carbocycles. The zero-order valence-electron chi connectivity index (χ0n) is 17.1. The van der Waals surface area contributed by atoms with Crippen LogP contribution in [0.5, 0.6) is 0 Å². The molecule has 0 aliphatic heterocycles. The molecule has 0 atom stereocenters. The Morgan fingerprint density at radius 3 is 2.70 bits per heavy atom. The van der Waals surface area contributed by atoms with Crippen LogP contribution in [0.4, 0.5) is 0 Å². The highest BCUT2D eigenvalue weighted by Crippen LogP contribution is 2.26. The maximum absolute atomic E-state index is 11.9. The molecule has 3 rings (SSSR count). The largest absolute Gasteiger partial charge is 0.481 e. The summed E-state index contributed by atoms with van der Waals surface area (Å²) in [5.41, 5.74) is 4.12. The van der Waals surface area contributed by atoms with E-state index in [0.717, 1.165) is 31.9 Å². The first-order chi connectivity index (χ1) is 14.3. The van der Waals surface area contributed by atoms with Crippen LogP contribution in [0.15, 0.2) is 48.9 Å². The van der Waals surface area contributed by atoms with Crippen molar-refractivity contribution in [2.24, 2.45) is 0 Å². The minimum absolute atomic E-state index is 0.0458. The van der Waals surface area contributed by atoms with E-state index in [1.807, 2.05) is 41.2 Å². The zero-order valence-corrected chi connectivity index (χ0v) is 17.9. The van der Waals surface area contributed by atoms with Gasteiger partial charge < -0.3 is 9.67 Å². The molecule has 0 aliphatic carbocycles. The van der Waals surface area contributed by atoms with E-state index in [4.69, 9.17) is 5.11 Å². The van der Waals surface area contributed by atoms with Gasteiger partial charge in [0.15, 0.2) is 0 Å². The number of fused-ring (bicyclic) bond motifs is 1. The number of hydrogen-bond acceptors (Lipinski definition) is 4. The molecule has 30 heavy (non-hydrogen) atoms. The predicted molar refractivity (Wildman–Crippen MR) is 116 cm³/mol. The number of nitrogens with zero attached hydrogens (tertiary/aromatic N) is 3. The molecule has 0 unspecified atom stereocenters. The number of pyridine rings is 1. The third-order valence-corrected chi connectivity index (χ3v) is 6.42. The molecule has 8 nitrogen and oxygen atoms in total. The van der Waals surface area contributed by atoms with Gasteiger partial charge in [-0.15, -0.1) is 0 Å². The second-order valence-electron chi connectivity index (χ2n) is 7.31. The van der Waals surface area contributed by atoms with Crippen molar-refractivity contribution in [2.75, 3.05) is 20.6 Å². The molecule has 0 spiro atoms. The van der Waals surface area contributed by atoms with E-state index in [1.165, 1.54) is 14.1 Å². The van der Waals surface area contributed by atoms with Crippen LogP contribution >= 0.6 is 0 Å². The van der Waals surface area contributed by atoms with E-state index in [1.54, 1.807) is 6.20 Å². The van der Waals surface area contributed by atoms with Crippen molar-refractivity contribution in [2.45, 2.75) is 25.8 Å². The summed E-state index contributed by atoms with van der Waals surface area (Å²) < 4.78 is 29.4. The van der Waals surface area contributed by atoms with Gasteiger partial charge in [-0.25, -0.2) is 4.72 Å². The van der Waals surface area contributed by atoms with Gasteiger partial charge in [-0.05, 0) is 41.3 Å². The number of nitrogens with one attached hydrogen (secondary N) is 1. The highest BCUT2D eigenvalue weighted by atomic mass is 32.2. The maximum Gasteiger partial charge on any atom is 0.305 e. The Morgan fingerprint density at radius 2 is 2.03 bits per heavy atom. The molecule has 0 saturated heterocycles. The van der Waals surface area contributed by atoms with Gasteiger partial charge in [0.1, 0.15) is 0 Å². The molecule has 0 radical (unpaired) electrons. The number of carbonyl (C=O) groups is 1. The van der Waals surface area contributed by atoms with Crippen molar-refractivity contribution >= 4 is 27.1 Å². The number of hydrogen-bond donors (Lipinski definition) is 2. The Balaban J connectivity index is 1.87. The van der Waals surface area contributed by atoms with Gasteiger partial charge in [0, 0.05) is 63.1 Å². The van der Waals surface area contributed by atoms with Crippen LogP contribution < -0.4 is 4.72 Å². The first kappa shape index (κ1) is 21.9. The molecular weight excluding hydrogens is 404 g/mol. The van der Waals surface area contributed by atoms with E-state index in [-0.39, 0.29) is 6.42 Å². The maximum atomic E-state index is 11.9. The molecule has 0 fully saturated rings. The number of carboxylic acid groups (broad SMARTS) is 1. The van der Waals surface area contributed by atoms with E-state index < -0.39 is 16.2 Å². The number of carboxylic acids is 1. The average molecular weight is 431 g/mol. The third-order valence-electron chi connectivity index (χ3n) is 4.89. The second kappa shape index (κ2) is 9.38. The van der Waals surface area contributed by atoms with Crippen LogP contribution in [0.3, 0.4) is 0 Å². The summed E-state index contributed by atoms with van der Waals surface area (Å²) in [5, 5.41) is 10.1. The van der Waals surface area contributed by atoms with E-state index in [9.17, 15) is 13.2 Å². The standard InChI is InChI=1S/C21H26N4O4S/c1-24(2)30(28,29)23-10-7-16-5-6-20-19(13-16)18(12-17-4-3-9-22-14-17)15-25(20)11-8-21(26)27/h3-6,9,13-15,23H,7-8,10-12H2,1-2H3,(H,26,27). The minimum Gasteiger partial charge on any atom is -0.481 e. The number of aliphatic carboxylic acids is 1. The first-order valence-corrected chi connectivity index (χ1v) is 11.1. The highest BCUT2D eigenvalue weighted by Gasteiger charge is 2.14. The fourth-order valence-electron chi connectivity index (χ4n) is 3.29. The van der Waals surface area contributed by atoms with Crippen LogP contribution in [0.1, 0.15) is 23.1 Å². The molecule has 9 heteroatoms. The van der Waals surface area contributed by atoms with Gasteiger partial charge in [-0.2, -0.15) is 12.7 Å². The van der Waals surface area contributed by atoms with Gasteiger partial charge >= 0.3 is 5.97 Å². The molecule has 0 bridgehead atoms. The Hall–Kier alpha value is -2.75. The van der Waals surface area contributed by atoms with Gasteiger partial charge in [-0.1, -0.05) is 12.1 Å². The number of aromatic nitrogens is 2. The number of rotatable bonds is 10. The van der Waals surface area contributed by atoms with Crippen LogP contribution in [0.2, 0.25) is 0 Å². The molecule has 0 amide bonds. The minimum atomic E-state index is -3.45. The quantitative estimate of drug-likeness (QED) is 0.512. The van der Waals surface area contributed by atoms with Crippen LogP contribution in [-0.4, -0.2) is 54.0 Å². The van der Waals surface area contributed by atoms with Gasteiger partial charge in [0.2, 0.25) is 0 Å². The average Bonchev–Trinajstić information content (AvgIpc) is 3.04. The SMILES string of the molecule is CN(C)S(=O)(=O)NCCc1ccc2c(c1)c(Cc1cccnc1)cn2CCC(=O)O. The Morgan fingerprint density at radius 1 is 1.23 bits per heavy atom. The monoisotopic (exact) mass is 430 g/mol. The summed E-state index contributed by atoms with van der Waals surface area (Å²) in [6.07, 6.45) is 6.83. The van der Waals surface area contributed by atoms with Gasteiger partial charge in [-0.3, -0.25) is 9.78 Å². The van der Waals surface area contributed by atoms with Crippen LogP contribution in [0.25, 0.3) is 10.9 Å². The predicted octanol–water partition coefficient (Wildman–Crippen LogP) is 2.04. The van der Waals surface area contributed by atoms with E-state index in [0.29, 0.717) is 25.9 Å². The van der Waals surface area contributed by atoms with Crippen molar-refractivity contribution in [3.05, 3.63) is 65.6 Å². The highest BCUT2D eigenvalue weighted by molar-refractivity contribution is 7.87. The molecule has 2 heterocycles. The third kappa shape index (κ3) is 5.44. The summed E-state index contributed by atoms with van der Waals surface area (Å²) in [6, 6.07) is 9.88. The van der Waals surface area contributed by atoms with E-state index in [2.05, 4.69) is 15.8 Å². The van der Waals surface area contributed by atoms with Crippen molar-refractivity contribution in [1.29, 1.82) is 0 Å². The Kier molecular flexibility index (Phi) is 6.86. The lowest BCUT2D eigenvalue weighted by atomic mass is 10.0. The normalized spacial score (nSPS) is 12.0. The lowest BCUT2D eigenvalue weighted by Crippen LogP contribution is -2.36. The fraction of sp³-hybridized carbons (Fsp3) is 0.333. The van der Waals surface area contributed by atoms with Crippen molar-refractivity contribution in [1.82, 2.24) is 18.6 Å². The Bertz CT molecular complexity index is 1120. The topological polar surface area (TPSA) is 105 Å². The van der Waals surface area contributed by atoms with Crippen molar-refractivity contribution in [3.8, 4) is 0 Å². The molecule has 2 N–H and O–H groups in total. The van der Waals surface area contributed by atoms with Gasteiger partial charge in [0.05, 0.1) is 6.42 Å². The molecular formula is C21H26N4O4S. The summed E-state index contributed by atoms with van der Waals surface area (Å²) >= 11 is 0. The molecule has 2 aromatic heterocycles. The second-order valence-corrected chi connectivity index (χ2v) is 9.28. The number of aryl methyl sites for hydroxylation is 1. The fourth-order valence-corrected chi connectivity index (χ4v) is 3.91. The summed E-state index contributed by atoms with van der Waals surface area (Å²) in [7, 11) is -0.484. The van der Waals surface area contributed by atoms with Crippen molar-refractivity contribution in [3.63, 3.8) is 0 Å². The molecule has 0 saturated carbocycles. The van der Waals surface area contributed by atoms with Crippen molar-refractivity contribution < 1.29 is 18.3 Å². The lowest BCUT2D eigenvalue weighted by Gasteiger charge is -2.12. The molecule has 160 valence electrons. The summed E-state index contributed by atoms with van der Waals surface area (Å²) in [4.78, 5) is 15.2. The van der Waals surface area contributed by atoms with Crippen LogP contribution in [0, 0.1) is 0 Å². The molecule has 0 aliphatic rings. The molecule has 3 aromatic rings.